The molecular formula is C74H66F17N3O8. The lowest BCUT2D eigenvalue weighted by molar-refractivity contribution is -0.461. The van der Waals surface area contributed by atoms with Gasteiger partial charge >= 0.3 is 53.6 Å². The molecule has 102 heavy (non-hydrogen) atoms. The van der Waals surface area contributed by atoms with E-state index < -0.39 is 72.2 Å². The van der Waals surface area contributed by atoms with Gasteiger partial charge in [0.15, 0.2) is 11.5 Å². The summed E-state index contributed by atoms with van der Waals surface area (Å²) in [4.78, 5) is 13.6. The molecule has 0 N–H and O–H groups in total. The first-order valence-electron chi connectivity index (χ1n) is 32.0. The molecule has 0 aliphatic heterocycles. The van der Waals surface area contributed by atoms with Gasteiger partial charge in [-0.1, -0.05) is 72.8 Å². The van der Waals surface area contributed by atoms with E-state index in [0.29, 0.717) is 131 Å². The molecule has 0 spiro atoms. The van der Waals surface area contributed by atoms with Crippen molar-refractivity contribution in [2.24, 2.45) is 0 Å². The van der Waals surface area contributed by atoms with E-state index in [2.05, 4.69) is 22.9 Å². The Balaban J connectivity index is 1.02. The van der Waals surface area contributed by atoms with Crippen LogP contribution in [-0.4, -0.2) is 99.9 Å². The maximum atomic E-state index is 15.0. The summed E-state index contributed by atoms with van der Waals surface area (Å²) in [7, 11) is 0. The zero-order valence-electron chi connectivity index (χ0n) is 54.2. The number of benzene rings is 7. The molecule has 0 fully saturated rings. The molecule has 0 heterocycles. The van der Waals surface area contributed by atoms with E-state index >= 15 is 8.78 Å². The third-order valence-electron chi connectivity index (χ3n) is 16.0. The quantitative estimate of drug-likeness (QED) is 0.0205. The Morgan fingerprint density at radius 2 is 0.559 bits per heavy atom. The molecule has 0 unspecified atom stereocenters. The van der Waals surface area contributed by atoms with Gasteiger partial charge in [-0.05, 0) is 195 Å². The molecule has 0 saturated carbocycles. The normalized spacial score (nSPS) is 12.4. The fraction of sp³-hybridized carbons (Fsp3) is 0.378. The number of hydrogen-bond acceptors (Lipinski definition) is 11. The first-order valence-corrected chi connectivity index (χ1v) is 32.0. The largest absolute Gasteiger partial charge is 0.494 e. The topological polar surface area (TPSA) is 153 Å². The molecule has 0 aromatic heterocycles. The zero-order valence-corrected chi connectivity index (χ0v) is 54.2. The summed E-state index contributed by atoms with van der Waals surface area (Å²) in [6.07, 6.45) is -4.60. The number of ether oxygens (including phenoxy) is 7. The minimum absolute atomic E-state index is 0.0220. The van der Waals surface area contributed by atoms with E-state index in [9.17, 15) is 70.7 Å². The van der Waals surface area contributed by atoms with Crippen molar-refractivity contribution in [1.82, 2.24) is 0 Å². The van der Waals surface area contributed by atoms with Gasteiger partial charge in [0.2, 0.25) is 5.75 Å². The average Bonchev–Trinajstić information content (AvgIpc) is 0.696. The predicted molar refractivity (Wildman–Crippen MR) is 340 cm³/mol. The monoisotopic (exact) mass is 1450 g/mol. The third-order valence-corrected chi connectivity index (χ3v) is 16.0. The van der Waals surface area contributed by atoms with Crippen LogP contribution in [0, 0.1) is 34.0 Å². The van der Waals surface area contributed by atoms with E-state index in [0.717, 1.165) is 45.5 Å². The number of nitriles is 3. The third kappa shape index (κ3) is 19.6. The Morgan fingerprint density at radius 1 is 0.304 bits per heavy atom. The first-order chi connectivity index (χ1) is 48.3. The summed E-state index contributed by atoms with van der Waals surface area (Å²) in [5, 5.41) is 27.3. The van der Waals surface area contributed by atoms with Gasteiger partial charge in [-0.3, -0.25) is 0 Å². The van der Waals surface area contributed by atoms with Crippen LogP contribution in [0.2, 0.25) is 0 Å². The minimum Gasteiger partial charge on any atom is -0.494 e. The Hall–Kier alpha value is -9.91. The number of esters is 1. The van der Waals surface area contributed by atoms with E-state index in [4.69, 9.17) is 44.2 Å². The summed E-state index contributed by atoms with van der Waals surface area (Å²) in [6.45, 7) is -1.44. The fourth-order valence-corrected chi connectivity index (χ4v) is 9.98. The molecule has 7 rings (SSSR count). The highest BCUT2D eigenvalue weighted by atomic mass is 19.4. The maximum Gasteiger partial charge on any atom is 0.460 e. The molecule has 11 nitrogen and oxygen atoms in total. The highest BCUT2D eigenvalue weighted by molar-refractivity contribution is 5.91. The lowest BCUT2D eigenvalue weighted by Crippen LogP contribution is -2.74. The molecule has 7 aromatic carbocycles. The number of carbonyl (C=O) groups is 1. The van der Waals surface area contributed by atoms with Crippen LogP contribution < -0.4 is 28.4 Å². The van der Waals surface area contributed by atoms with E-state index in [1.165, 1.54) is 0 Å². The van der Waals surface area contributed by atoms with Gasteiger partial charge in [0.25, 0.3) is 0 Å². The van der Waals surface area contributed by atoms with Crippen molar-refractivity contribution in [3.8, 4) is 86.1 Å². The van der Waals surface area contributed by atoms with E-state index in [1.807, 2.05) is 72.8 Å². The second kappa shape index (κ2) is 35.1. The average molecular weight is 1450 g/mol. The number of unbranched alkanes of at least 4 members (excludes halogenated alkanes) is 9. The number of nitrogens with zero attached hydrogens (tertiary/aromatic N) is 3. The van der Waals surface area contributed by atoms with E-state index in [-0.39, 0.29) is 37.1 Å². The number of rotatable bonds is 40. The molecule has 544 valence electrons. The van der Waals surface area contributed by atoms with Crippen molar-refractivity contribution in [2.45, 2.75) is 131 Å². The second-order valence-electron chi connectivity index (χ2n) is 23.3. The van der Waals surface area contributed by atoms with E-state index in [1.54, 1.807) is 72.8 Å². The van der Waals surface area contributed by atoms with Crippen LogP contribution in [0.15, 0.2) is 158 Å². The number of carbonyl (C=O) groups excluding carboxylic acids is 1. The highest BCUT2D eigenvalue weighted by Crippen LogP contribution is 2.64. The lowest BCUT2D eigenvalue weighted by atomic mass is 9.88. The van der Waals surface area contributed by atoms with Gasteiger partial charge in [-0.15, -0.1) is 0 Å². The summed E-state index contributed by atoms with van der Waals surface area (Å²) < 4.78 is 280. The molecular weight excluding hydrogens is 1380 g/mol. The van der Waals surface area contributed by atoms with Gasteiger partial charge < -0.3 is 33.2 Å². The van der Waals surface area contributed by atoms with Crippen LogP contribution in [0.4, 0.5) is 74.6 Å². The fourth-order valence-electron chi connectivity index (χ4n) is 9.98. The standard InChI is InChI=1S/C74H66F17N3O8/c75-67(76,68(77,78)69(79,80)70(81,82)71(83,84)72(85,86)73(87,88)74(89,90)91)37-44-102-66(95)59-45-63(99-41-10-4-1-7-38-96-60-31-25-56(26-32-60)53-19-13-50(47-92)14-20-53)65(101-43-12-6-3-9-40-98-62-35-29-58(30-36-62)55-23-17-52(49-94)18-24-55)64(46-59)100-42-11-5-2-8-39-97-61-33-27-57(28-34-61)54-21-15-51(48-93)16-22-54/h13-36,45-46H,1-12,37-44H2. The zero-order chi connectivity index (χ0) is 74.4. The summed E-state index contributed by atoms with van der Waals surface area (Å²) >= 11 is 0. The van der Waals surface area contributed by atoms with Crippen molar-refractivity contribution in [1.29, 1.82) is 15.8 Å². The van der Waals surface area contributed by atoms with Gasteiger partial charge in [0.05, 0.1) is 93.1 Å². The van der Waals surface area contributed by atoms with Gasteiger partial charge in [0, 0.05) is 0 Å². The van der Waals surface area contributed by atoms with Gasteiger partial charge in [0.1, 0.15) is 17.2 Å². The Kier molecular flexibility index (Phi) is 27.3. The molecule has 0 atom stereocenters. The van der Waals surface area contributed by atoms with Crippen molar-refractivity contribution in [3.05, 3.63) is 180 Å². The first kappa shape index (κ1) is 79.4. The summed E-state index contributed by atoms with van der Waals surface area (Å²) in [6, 6.07) is 51.1. The van der Waals surface area contributed by atoms with Crippen LogP contribution >= 0.6 is 0 Å². The molecule has 0 amide bonds. The maximum absolute atomic E-state index is 15.0. The predicted octanol–water partition coefficient (Wildman–Crippen LogP) is 20.9. The SMILES string of the molecule is N#Cc1ccc(-c2ccc(OCCCCCCOc3cc(C(=O)OCCC(F)(F)C(F)(F)C(F)(F)C(F)(F)C(F)(F)C(F)(F)C(F)(F)C(F)(F)F)cc(OCCCCCCOc4ccc(-c5ccc(C#N)cc5)cc4)c3OCCCCCCOc3ccc(-c4ccc(C#N)cc4)cc3)cc2)cc1. The van der Waals surface area contributed by atoms with Crippen LogP contribution in [0.5, 0.6) is 34.5 Å². The highest BCUT2D eigenvalue weighted by Gasteiger charge is 2.95. The van der Waals surface area contributed by atoms with Crippen molar-refractivity contribution in [3.63, 3.8) is 0 Å². The number of alkyl halides is 17. The smallest absolute Gasteiger partial charge is 0.460 e. The van der Waals surface area contributed by atoms with Crippen LogP contribution in [-0.2, 0) is 4.74 Å². The summed E-state index contributed by atoms with van der Waals surface area (Å²) in [5.74, 6) is -58.4. The molecule has 0 aliphatic carbocycles. The van der Waals surface area contributed by atoms with Crippen molar-refractivity contribution >= 4 is 5.97 Å². The minimum atomic E-state index is -8.80. The molecule has 0 bridgehead atoms. The van der Waals surface area contributed by atoms with Crippen molar-refractivity contribution in [2.75, 3.05) is 46.2 Å². The Bertz CT molecular complexity index is 3810. The molecule has 0 radical (unpaired) electrons. The Labute approximate surface area is 575 Å². The number of halogens is 17. The van der Waals surface area contributed by atoms with Crippen LogP contribution in [0.3, 0.4) is 0 Å². The second-order valence-corrected chi connectivity index (χ2v) is 23.3. The lowest BCUT2D eigenvalue weighted by Gasteiger charge is -2.42. The molecule has 28 heteroatoms. The Morgan fingerprint density at radius 3 is 0.843 bits per heavy atom. The van der Waals surface area contributed by atoms with Gasteiger partial charge in [-0.2, -0.15) is 90.4 Å². The molecule has 0 saturated heterocycles. The van der Waals surface area contributed by atoms with Gasteiger partial charge in [-0.25, -0.2) is 4.79 Å². The number of hydrogen-bond donors (Lipinski definition) is 0. The molecule has 7 aromatic rings. The van der Waals surface area contributed by atoms with Crippen molar-refractivity contribution < 1.29 is 113 Å². The molecule has 0 aliphatic rings. The van der Waals surface area contributed by atoms with Crippen LogP contribution in [0.1, 0.15) is 111 Å². The van der Waals surface area contributed by atoms with Crippen LogP contribution in [0.25, 0.3) is 33.4 Å². The summed E-state index contributed by atoms with van der Waals surface area (Å²) in [5.41, 5.74) is 6.22.